The molecule has 0 bridgehead atoms. The monoisotopic (exact) mass is 343 g/mol. The molecule has 3 atom stereocenters. The Morgan fingerprint density at radius 1 is 1.17 bits per heavy atom. The van der Waals surface area contributed by atoms with Crippen LogP contribution in [-0.4, -0.2) is 25.6 Å². The van der Waals surface area contributed by atoms with Gasteiger partial charge in [-0.15, -0.1) is 0 Å². The maximum absolute atomic E-state index is 13.1. The van der Waals surface area contributed by atoms with Gasteiger partial charge in [-0.1, -0.05) is 23.7 Å². The molecule has 0 spiro atoms. The van der Waals surface area contributed by atoms with Crippen LogP contribution in [0.4, 0.5) is 5.69 Å². The summed E-state index contributed by atoms with van der Waals surface area (Å²) in [6.45, 7) is 1.00. The molecule has 2 aliphatic heterocycles. The lowest BCUT2D eigenvalue weighted by molar-refractivity contribution is -0.924. The molecular formula is C19H20ClN2O2+. The van der Waals surface area contributed by atoms with Gasteiger partial charge in [0.05, 0.1) is 24.9 Å². The Balaban J connectivity index is 1.83. The molecule has 1 amide bonds. The number of amides is 1. The van der Waals surface area contributed by atoms with Crippen molar-refractivity contribution in [2.24, 2.45) is 0 Å². The number of quaternary nitrogens is 1. The van der Waals surface area contributed by atoms with E-state index in [1.807, 2.05) is 47.4 Å². The summed E-state index contributed by atoms with van der Waals surface area (Å²) in [7, 11) is 1.68. The summed E-state index contributed by atoms with van der Waals surface area (Å²) in [5, 5.41) is 0.673. The van der Waals surface area contributed by atoms with Gasteiger partial charge in [-0.25, -0.2) is 0 Å². The Labute approximate surface area is 146 Å². The first-order valence-electron chi connectivity index (χ1n) is 8.28. The Hall–Kier alpha value is -2.04. The number of halogens is 1. The molecule has 1 N–H and O–H groups in total. The quantitative estimate of drug-likeness (QED) is 0.928. The lowest BCUT2D eigenvalue weighted by Gasteiger charge is -2.27. The number of ether oxygens (including phenoxy) is 1. The lowest BCUT2D eigenvalue weighted by Crippen LogP contribution is -3.12. The molecule has 0 aromatic heterocycles. The highest BCUT2D eigenvalue weighted by Crippen LogP contribution is 2.35. The van der Waals surface area contributed by atoms with Crippen LogP contribution in [0.5, 0.6) is 5.75 Å². The summed E-state index contributed by atoms with van der Waals surface area (Å²) in [4.78, 5) is 16.3. The van der Waals surface area contributed by atoms with Gasteiger partial charge in [0.15, 0.2) is 6.04 Å². The first-order chi connectivity index (χ1) is 11.7. The third kappa shape index (κ3) is 2.38. The summed E-state index contributed by atoms with van der Waals surface area (Å²) in [5.74, 6) is 1.02. The molecule has 0 radical (unpaired) electrons. The fraction of sp³-hybridized carbons (Fsp3) is 0.316. The molecule has 0 aliphatic carbocycles. The van der Waals surface area contributed by atoms with Crippen LogP contribution in [0.25, 0.3) is 0 Å². The van der Waals surface area contributed by atoms with E-state index in [2.05, 4.69) is 6.07 Å². The Morgan fingerprint density at radius 3 is 2.67 bits per heavy atom. The second-order valence-corrected chi connectivity index (χ2v) is 6.79. The standard InChI is InChI=1S/C19H19ClN2O2/c1-24-17-7-3-2-5-15(17)18-21-12-4-6-16(21)19(23)22(18)14-10-8-13(20)9-11-14/h2-3,5,7-11,16,18H,4,6,12H2,1H3/p+1. The molecular weight excluding hydrogens is 324 g/mol. The van der Waals surface area contributed by atoms with Crippen LogP contribution in [0, 0.1) is 0 Å². The van der Waals surface area contributed by atoms with E-state index in [-0.39, 0.29) is 18.1 Å². The number of para-hydroxylation sites is 1. The highest BCUT2D eigenvalue weighted by molar-refractivity contribution is 6.30. The van der Waals surface area contributed by atoms with E-state index in [1.54, 1.807) is 7.11 Å². The van der Waals surface area contributed by atoms with Crippen molar-refractivity contribution in [3.05, 3.63) is 59.1 Å². The second kappa shape index (κ2) is 6.11. The summed E-state index contributed by atoms with van der Waals surface area (Å²) in [6.07, 6.45) is 1.98. The Morgan fingerprint density at radius 2 is 1.92 bits per heavy atom. The Bertz CT molecular complexity index is 762. The van der Waals surface area contributed by atoms with E-state index in [9.17, 15) is 4.79 Å². The van der Waals surface area contributed by atoms with Gasteiger partial charge in [0.2, 0.25) is 6.17 Å². The van der Waals surface area contributed by atoms with Crippen LogP contribution in [-0.2, 0) is 4.79 Å². The minimum atomic E-state index is -0.0534. The van der Waals surface area contributed by atoms with Gasteiger partial charge >= 0.3 is 0 Å². The molecule has 24 heavy (non-hydrogen) atoms. The van der Waals surface area contributed by atoms with Gasteiger partial charge in [-0.2, -0.15) is 0 Å². The smallest absolute Gasteiger partial charge is 0.290 e. The van der Waals surface area contributed by atoms with Crippen molar-refractivity contribution >= 4 is 23.2 Å². The fourth-order valence-corrected chi connectivity index (χ4v) is 4.18. The SMILES string of the molecule is COc1ccccc1C1N(c2ccc(Cl)cc2)C(=O)C2CCC[NH+]21. The number of benzene rings is 2. The number of nitrogens with one attached hydrogen (secondary N) is 1. The number of carbonyl (C=O) groups is 1. The average molecular weight is 344 g/mol. The van der Waals surface area contributed by atoms with Crippen molar-refractivity contribution < 1.29 is 14.4 Å². The molecule has 3 unspecified atom stereocenters. The maximum atomic E-state index is 13.1. The van der Waals surface area contributed by atoms with Crippen LogP contribution >= 0.6 is 11.6 Å². The summed E-state index contributed by atoms with van der Waals surface area (Å²) >= 11 is 6.02. The molecule has 4 nitrogen and oxygen atoms in total. The molecule has 2 aromatic carbocycles. The summed E-state index contributed by atoms with van der Waals surface area (Å²) < 4.78 is 5.57. The zero-order valence-corrected chi connectivity index (χ0v) is 14.3. The number of nitrogens with zero attached hydrogens (tertiary/aromatic N) is 1. The van der Waals surface area contributed by atoms with Crippen molar-refractivity contribution in [2.75, 3.05) is 18.6 Å². The van der Waals surface area contributed by atoms with Crippen LogP contribution in [0.3, 0.4) is 0 Å². The van der Waals surface area contributed by atoms with E-state index >= 15 is 0 Å². The number of hydrogen-bond donors (Lipinski definition) is 1. The van der Waals surface area contributed by atoms with Gasteiger partial charge in [0.1, 0.15) is 5.75 Å². The number of rotatable bonds is 3. The largest absolute Gasteiger partial charge is 0.496 e. The normalized spacial score (nSPS) is 25.8. The van der Waals surface area contributed by atoms with Crippen LogP contribution in [0.1, 0.15) is 24.6 Å². The van der Waals surface area contributed by atoms with E-state index in [1.165, 1.54) is 4.90 Å². The van der Waals surface area contributed by atoms with Crippen molar-refractivity contribution in [1.82, 2.24) is 0 Å². The number of hydrogen-bond acceptors (Lipinski definition) is 2. The Kier molecular flexibility index (Phi) is 3.94. The third-order valence-electron chi connectivity index (χ3n) is 5.09. The van der Waals surface area contributed by atoms with Crippen LogP contribution in [0.2, 0.25) is 5.02 Å². The van der Waals surface area contributed by atoms with Crippen LogP contribution in [0.15, 0.2) is 48.5 Å². The zero-order valence-electron chi connectivity index (χ0n) is 13.5. The van der Waals surface area contributed by atoms with E-state index in [0.29, 0.717) is 5.02 Å². The van der Waals surface area contributed by atoms with Gasteiger partial charge in [0, 0.05) is 17.9 Å². The molecule has 124 valence electrons. The fourth-order valence-electron chi connectivity index (χ4n) is 4.05. The van der Waals surface area contributed by atoms with Crippen LogP contribution < -0.4 is 14.5 Å². The molecule has 2 aromatic rings. The molecule has 2 heterocycles. The molecule has 4 rings (SSSR count). The number of methoxy groups -OCH3 is 1. The molecule has 5 heteroatoms. The predicted octanol–water partition coefficient (Wildman–Crippen LogP) is 2.44. The highest BCUT2D eigenvalue weighted by atomic mass is 35.5. The second-order valence-electron chi connectivity index (χ2n) is 6.35. The summed E-state index contributed by atoms with van der Waals surface area (Å²) in [5.41, 5.74) is 1.95. The number of anilines is 1. The zero-order chi connectivity index (χ0) is 16.7. The third-order valence-corrected chi connectivity index (χ3v) is 5.34. The van der Waals surface area contributed by atoms with Gasteiger partial charge < -0.3 is 9.64 Å². The summed E-state index contributed by atoms with van der Waals surface area (Å²) in [6, 6.07) is 15.5. The van der Waals surface area contributed by atoms with Crippen molar-refractivity contribution in [2.45, 2.75) is 25.0 Å². The topological polar surface area (TPSA) is 34.0 Å². The predicted molar refractivity (Wildman–Crippen MR) is 93.5 cm³/mol. The number of carbonyl (C=O) groups excluding carboxylic acids is 1. The maximum Gasteiger partial charge on any atom is 0.290 e. The van der Waals surface area contributed by atoms with Gasteiger partial charge in [0.25, 0.3) is 5.91 Å². The van der Waals surface area contributed by atoms with Crippen molar-refractivity contribution in [3.63, 3.8) is 0 Å². The highest BCUT2D eigenvalue weighted by Gasteiger charge is 2.54. The average Bonchev–Trinajstić information content (AvgIpc) is 3.18. The molecule has 2 aliphatic rings. The van der Waals surface area contributed by atoms with E-state index < -0.39 is 0 Å². The molecule has 2 fully saturated rings. The molecule has 0 saturated carbocycles. The van der Waals surface area contributed by atoms with Crippen molar-refractivity contribution in [1.29, 1.82) is 0 Å². The van der Waals surface area contributed by atoms with Gasteiger partial charge in [-0.05, 0) is 36.4 Å². The lowest BCUT2D eigenvalue weighted by atomic mass is 10.1. The molecule has 2 saturated heterocycles. The van der Waals surface area contributed by atoms with E-state index in [4.69, 9.17) is 16.3 Å². The number of fused-ring (bicyclic) bond motifs is 1. The van der Waals surface area contributed by atoms with E-state index in [0.717, 1.165) is 36.4 Å². The van der Waals surface area contributed by atoms with Crippen molar-refractivity contribution in [3.8, 4) is 5.75 Å². The minimum absolute atomic E-state index is 0.0376. The first kappa shape index (κ1) is 15.5. The minimum Gasteiger partial charge on any atom is -0.496 e. The van der Waals surface area contributed by atoms with Gasteiger partial charge in [-0.3, -0.25) is 9.69 Å². The first-order valence-corrected chi connectivity index (χ1v) is 8.65.